The summed E-state index contributed by atoms with van der Waals surface area (Å²) in [6.45, 7) is 3.64. The Morgan fingerprint density at radius 2 is 1.96 bits per heavy atom. The van der Waals surface area contributed by atoms with Crippen molar-refractivity contribution in [3.05, 3.63) is 0 Å². The lowest BCUT2D eigenvalue weighted by atomic mass is 10.00. The van der Waals surface area contributed by atoms with Crippen molar-refractivity contribution in [2.24, 2.45) is 0 Å². The van der Waals surface area contributed by atoms with E-state index < -0.39 is 28.5 Å². The van der Waals surface area contributed by atoms with E-state index in [2.05, 4.69) is 14.5 Å². The number of piperidine rings is 1. The Hall–Kier alpha value is -1.80. The fourth-order valence-electron chi connectivity index (χ4n) is 3.61. The summed E-state index contributed by atoms with van der Waals surface area (Å²) in [7, 11) is -2.79. The quantitative estimate of drug-likeness (QED) is 0.280. The van der Waals surface area contributed by atoms with Crippen LogP contribution in [0.1, 0.15) is 12.8 Å². The van der Waals surface area contributed by atoms with Crippen LogP contribution in [0.15, 0.2) is 0 Å². The standard InChI is InChI=1S/C14H24N6O6S/c1-17-4-6-18(7-5-17)9-12(21)16-13(15)11-3-2-10-8-19(11)14(22)20(10)26-27(23,24)25/h10-11H,2-9H2,1H3,(H2,15,16,21)(H,23,24,25)/t10-,11+/m1/s1. The third kappa shape index (κ3) is 4.73. The van der Waals surface area contributed by atoms with Gasteiger partial charge in [-0.05, 0) is 19.9 Å². The Kier molecular flexibility index (Phi) is 5.67. The zero-order valence-corrected chi connectivity index (χ0v) is 15.8. The maximum absolute atomic E-state index is 12.3. The Morgan fingerprint density at radius 3 is 2.59 bits per heavy atom. The summed E-state index contributed by atoms with van der Waals surface area (Å²) in [5.41, 5.74) is 0. The van der Waals surface area contributed by atoms with Crippen molar-refractivity contribution in [2.75, 3.05) is 46.3 Å². The van der Waals surface area contributed by atoms with Crippen LogP contribution in [-0.2, 0) is 19.5 Å². The molecule has 0 aromatic rings. The van der Waals surface area contributed by atoms with E-state index in [4.69, 9.17) is 9.96 Å². The zero-order chi connectivity index (χ0) is 19.8. The number of nitrogens with one attached hydrogen (secondary N) is 2. The number of hydrogen-bond acceptors (Lipinski definition) is 8. The molecular formula is C14H24N6O6S. The second kappa shape index (κ2) is 7.67. The van der Waals surface area contributed by atoms with Crippen LogP contribution in [0, 0.1) is 5.41 Å². The van der Waals surface area contributed by atoms with Gasteiger partial charge in [0, 0.05) is 32.7 Å². The molecule has 3 heterocycles. The molecule has 152 valence electrons. The summed E-state index contributed by atoms with van der Waals surface area (Å²) >= 11 is 0. The van der Waals surface area contributed by atoms with E-state index in [0.29, 0.717) is 17.9 Å². The Balaban J connectivity index is 1.55. The third-order valence-electron chi connectivity index (χ3n) is 5.07. The number of amides is 3. The molecule has 3 rings (SSSR count). The van der Waals surface area contributed by atoms with Gasteiger partial charge in [-0.3, -0.25) is 19.7 Å². The summed E-state index contributed by atoms with van der Waals surface area (Å²) < 4.78 is 35.0. The molecule has 12 nitrogen and oxygen atoms in total. The molecule has 13 heteroatoms. The molecule has 3 aliphatic rings. The van der Waals surface area contributed by atoms with Crippen molar-refractivity contribution < 1.29 is 26.8 Å². The SMILES string of the molecule is CN1CCN(CC(=O)NC(=N)[C@@H]2CC[C@@H]3CN2C(=O)N3OS(=O)(=O)O)CC1. The van der Waals surface area contributed by atoms with Gasteiger partial charge in [0.2, 0.25) is 5.91 Å². The predicted molar refractivity (Wildman–Crippen MR) is 93.2 cm³/mol. The summed E-state index contributed by atoms with van der Waals surface area (Å²) in [5.74, 6) is -0.418. The Labute approximate surface area is 157 Å². The molecule has 0 aliphatic carbocycles. The van der Waals surface area contributed by atoms with Crippen molar-refractivity contribution in [1.29, 1.82) is 5.41 Å². The molecule has 0 aromatic heterocycles. The van der Waals surface area contributed by atoms with Crippen LogP contribution in [0.3, 0.4) is 0 Å². The molecule has 2 bridgehead atoms. The highest BCUT2D eigenvalue weighted by Gasteiger charge is 2.48. The van der Waals surface area contributed by atoms with Crippen LogP contribution in [-0.4, -0.2) is 109 Å². The molecule has 3 aliphatic heterocycles. The zero-order valence-electron chi connectivity index (χ0n) is 15.0. The first-order chi connectivity index (χ1) is 12.6. The van der Waals surface area contributed by atoms with E-state index in [1.165, 1.54) is 4.90 Å². The minimum absolute atomic E-state index is 0.102. The van der Waals surface area contributed by atoms with Crippen molar-refractivity contribution in [3.8, 4) is 0 Å². The number of carbonyl (C=O) groups is 2. The second-order valence-electron chi connectivity index (χ2n) is 7.05. The van der Waals surface area contributed by atoms with Crippen molar-refractivity contribution in [3.63, 3.8) is 0 Å². The first-order valence-corrected chi connectivity index (χ1v) is 10.1. The average Bonchev–Trinajstić information content (AvgIpc) is 2.80. The molecule has 0 unspecified atom stereocenters. The summed E-state index contributed by atoms with van der Waals surface area (Å²) in [6.07, 6.45) is 0.772. The smallest absolute Gasteiger partial charge is 0.312 e. The van der Waals surface area contributed by atoms with Gasteiger partial charge in [0.05, 0.1) is 18.6 Å². The number of urea groups is 1. The number of fused-ring (bicyclic) bond motifs is 2. The highest BCUT2D eigenvalue weighted by molar-refractivity contribution is 7.80. The molecule has 3 N–H and O–H groups in total. The number of piperazine rings is 1. The summed E-state index contributed by atoms with van der Waals surface area (Å²) in [4.78, 5) is 30.0. The molecule has 0 spiro atoms. The maximum atomic E-state index is 12.3. The molecule has 0 aromatic carbocycles. The lowest BCUT2D eigenvalue weighted by molar-refractivity contribution is -0.121. The molecule has 3 saturated heterocycles. The second-order valence-corrected chi connectivity index (χ2v) is 8.06. The maximum Gasteiger partial charge on any atom is 0.418 e. The van der Waals surface area contributed by atoms with E-state index in [0.717, 1.165) is 26.2 Å². The third-order valence-corrected chi connectivity index (χ3v) is 5.42. The van der Waals surface area contributed by atoms with Gasteiger partial charge in [-0.15, -0.1) is 4.28 Å². The Bertz CT molecular complexity index is 722. The van der Waals surface area contributed by atoms with E-state index in [1.54, 1.807) is 0 Å². The predicted octanol–water partition coefficient (Wildman–Crippen LogP) is -1.67. The minimum atomic E-state index is -4.81. The molecule has 0 radical (unpaired) electrons. The van der Waals surface area contributed by atoms with E-state index in [-0.39, 0.29) is 24.8 Å². The summed E-state index contributed by atoms with van der Waals surface area (Å²) in [5, 5.41) is 11.3. The first-order valence-electron chi connectivity index (χ1n) is 8.70. The van der Waals surface area contributed by atoms with Crippen LogP contribution < -0.4 is 5.32 Å². The number of nitrogens with zero attached hydrogens (tertiary/aromatic N) is 4. The highest BCUT2D eigenvalue weighted by Crippen LogP contribution is 2.30. The van der Waals surface area contributed by atoms with E-state index in [9.17, 15) is 18.0 Å². The van der Waals surface area contributed by atoms with Gasteiger partial charge >= 0.3 is 16.4 Å². The van der Waals surface area contributed by atoms with Gasteiger partial charge in [0.25, 0.3) is 0 Å². The van der Waals surface area contributed by atoms with Crippen molar-refractivity contribution >= 4 is 28.2 Å². The number of likely N-dealkylation sites (N-methyl/N-ethyl adjacent to an activating group) is 1. The normalized spacial score (nSPS) is 27.1. The Morgan fingerprint density at radius 1 is 1.30 bits per heavy atom. The fraction of sp³-hybridized carbons (Fsp3) is 0.786. The summed E-state index contributed by atoms with van der Waals surface area (Å²) in [6, 6.07) is -1.94. The highest BCUT2D eigenvalue weighted by atomic mass is 32.3. The monoisotopic (exact) mass is 404 g/mol. The van der Waals surface area contributed by atoms with Crippen LogP contribution in [0.25, 0.3) is 0 Å². The van der Waals surface area contributed by atoms with Gasteiger partial charge in [-0.2, -0.15) is 13.5 Å². The number of rotatable bonds is 5. The lowest BCUT2D eigenvalue weighted by Crippen LogP contribution is -2.53. The molecule has 3 fully saturated rings. The van der Waals surface area contributed by atoms with Gasteiger partial charge in [0.1, 0.15) is 5.84 Å². The van der Waals surface area contributed by atoms with E-state index in [1.807, 2.05) is 11.9 Å². The van der Waals surface area contributed by atoms with Gasteiger partial charge in [-0.1, -0.05) is 0 Å². The van der Waals surface area contributed by atoms with Crippen molar-refractivity contribution in [2.45, 2.75) is 24.9 Å². The molecule has 0 saturated carbocycles. The number of amidine groups is 1. The average molecular weight is 404 g/mol. The van der Waals surface area contributed by atoms with Crippen LogP contribution in [0.5, 0.6) is 0 Å². The minimum Gasteiger partial charge on any atom is -0.312 e. The van der Waals surface area contributed by atoms with Crippen molar-refractivity contribution in [1.82, 2.24) is 25.1 Å². The van der Waals surface area contributed by atoms with Gasteiger partial charge < -0.3 is 15.1 Å². The number of hydroxylamine groups is 2. The van der Waals surface area contributed by atoms with Gasteiger partial charge in [0.15, 0.2) is 0 Å². The van der Waals surface area contributed by atoms with Crippen LogP contribution in [0.4, 0.5) is 4.79 Å². The lowest BCUT2D eigenvalue weighted by Gasteiger charge is -2.33. The molecular weight excluding hydrogens is 380 g/mol. The fourth-order valence-corrected chi connectivity index (χ4v) is 4.00. The first kappa shape index (κ1) is 19.9. The van der Waals surface area contributed by atoms with Gasteiger partial charge in [-0.25, -0.2) is 4.79 Å². The molecule has 2 atom stereocenters. The van der Waals surface area contributed by atoms with Crippen LogP contribution in [0.2, 0.25) is 0 Å². The largest absolute Gasteiger partial charge is 0.418 e. The number of carbonyl (C=O) groups excluding carboxylic acids is 2. The number of hydrogen-bond donors (Lipinski definition) is 3. The topological polar surface area (TPSA) is 147 Å². The molecule has 3 amide bonds. The van der Waals surface area contributed by atoms with E-state index >= 15 is 0 Å². The molecule has 27 heavy (non-hydrogen) atoms. The van der Waals surface area contributed by atoms with Crippen LogP contribution >= 0.6 is 0 Å².